The number of carbonyl (C=O) groups is 1. The summed E-state index contributed by atoms with van der Waals surface area (Å²) in [6.45, 7) is 3.12. The topological polar surface area (TPSA) is 42.0 Å². The third kappa shape index (κ3) is 3.80. The lowest BCUT2D eigenvalue weighted by Gasteiger charge is -2.26. The summed E-state index contributed by atoms with van der Waals surface area (Å²) in [4.78, 5) is 15.6. The Hall–Kier alpha value is -0.900. The highest BCUT2D eigenvalue weighted by Crippen LogP contribution is 2.30. The molecule has 1 aliphatic rings. The molecule has 3 nitrogen and oxygen atoms in total. The average Bonchev–Trinajstić information content (AvgIpc) is 2.82. The van der Waals surface area contributed by atoms with Gasteiger partial charge in [0.15, 0.2) is 0 Å². The zero-order valence-corrected chi connectivity index (χ0v) is 11.1. The number of nitrogens with one attached hydrogen (secondary N) is 1. The summed E-state index contributed by atoms with van der Waals surface area (Å²) in [6.07, 6.45) is 6.50. The molecular weight excluding hydrogens is 232 g/mol. The lowest BCUT2D eigenvalue weighted by Crippen LogP contribution is -2.27. The van der Waals surface area contributed by atoms with Crippen LogP contribution < -0.4 is 5.32 Å². The van der Waals surface area contributed by atoms with Gasteiger partial charge in [0.05, 0.1) is 5.51 Å². The quantitative estimate of drug-likeness (QED) is 0.894. The summed E-state index contributed by atoms with van der Waals surface area (Å²) in [5, 5.41) is 4.74. The lowest BCUT2D eigenvalue weighted by atomic mass is 9.81. The molecule has 0 bridgehead atoms. The molecule has 0 aliphatic heterocycles. The number of hydrogen-bond donors (Lipinski definition) is 1. The van der Waals surface area contributed by atoms with E-state index in [9.17, 15) is 4.79 Å². The standard InChI is InChI=1S/C13H20N2OS/c1-10-3-2-4-11(7-10)5-6-14-13(16)12-8-17-9-15-12/h8-11H,2-7H2,1H3,(H,14,16). The van der Waals surface area contributed by atoms with Gasteiger partial charge in [0, 0.05) is 11.9 Å². The van der Waals surface area contributed by atoms with Crippen molar-refractivity contribution in [3.63, 3.8) is 0 Å². The first-order chi connectivity index (χ1) is 8.25. The second kappa shape index (κ2) is 6.15. The number of nitrogens with zero attached hydrogens (tertiary/aromatic N) is 1. The van der Waals surface area contributed by atoms with Gasteiger partial charge in [-0.05, 0) is 24.7 Å². The Kier molecular flexibility index (Phi) is 4.54. The van der Waals surface area contributed by atoms with Crippen LogP contribution in [0.25, 0.3) is 0 Å². The Morgan fingerprint density at radius 2 is 2.47 bits per heavy atom. The fourth-order valence-corrected chi connectivity index (χ4v) is 3.16. The summed E-state index contributed by atoms with van der Waals surface area (Å²) < 4.78 is 0. The van der Waals surface area contributed by atoms with Gasteiger partial charge in [0.1, 0.15) is 5.69 Å². The van der Waals surface area contributed by atoms with E-state index in [2.05, 4.69) is 17.2 Å². The van der Waals surface area contributed by atoms with Crippen molar-refractivity contribution in [2.24, 2.45) is 11.8 Å². The third-order valence-electron chi connectivity index (χ3n) is 3.55. The first-order valence-electron chi connectivity index (χ1n) is 6.42. The number of rotatable bonds is 4. The van der Waals surface area contributed by atoms with E-state index in [4.69, 9.17) is 0 Å². The second-order valence-electron chi connectivity index (χ2n) is 5.06. The summed E-state index contributed by atoms with van der Waals surface area (Å²) in [5.41, 5.74) is 2.24. The van der Waals surface area contributed by atoms with E-state index in [1.165, 1.54) is 37.0 Å². The van der Waals surface area contributed by atoms with Crippen molar-refractivity contribution < 1.29 is 4.79 Å². The first kappa shape index (κ1) is 12.6. The maximum atomic E-state index is 11.6. The number of carbonyl (C=O) groups excluding carboxylic acids is 1. The van der Waals surface area contributed by atoms with Crippen LogP contribution in [0.2, 0.25) is 0 Å². The van der Waals surface area contributed by atoms with Crippen molar-refractivity contribution in [2.45, 2.75) is 39.0 Å². The minimum absolute atomic E-state index is 0.0323. The minimum Gasteiger partial charge on any atom is -0.351 e. The summed E-state index contributed by atoms with van der Waals surface area (Å²) in [6, 6.07) is 0. The van der Waals surface area contributed by atoms with Crippen molar-refractivity contribution in [1.29, 1.82) is 0 Å². The van der Waals surface area contributed by atoms with Gasteiger partial charge >= 0.3 is 0 Å². The number of aromatic nitrogens is 1. The van der Waals surface area contributed by atoms with Crippen molar-refractivity contribution in [2.75, 3.05) is 6.54 Å². The largest absolute Gasteiger partial charge is 0.351 e. The molecule has 0 saturated heterocycles. The molecular formula is C13H20N2OS. The molecule has 1 fully saturated rings. The van der Waals surface area contributed by atoms with Crippen LogP contribution in [-0.4, -0.2) is 17.4 Å². The van der Waals surface area contributed by atoms with Crippen LogP contribution in [0.4, 0.5) is 0 Å². The van der Waals surface area contributed by atoms with E-state index in [0.29, 0.717) is 5.69 Å². The van der Waals surface area contributed by atoms with Crippen LogP contribution in [0, 0.1) is 11.8 Å². The minimum atomic E-state index is -0.0323. The van der Waals surface area contributed by atoms with Gasteiger partial charge in [0.25, 0.3) is 5.91 Å². The molecule has 0 aromatic carbocycles. The van der Waals surface area contributed by atoms with E-state index in [1.807, 2.05) is 0 Å². The zero-order chi connectivity index (χ0) is 12.1. The second-order valence-corrected chi connectivity index (χ2v) is 5.77. The molecule has 1 N–H and O–H groups in total. The molecule has 2 atom stereocenters. The molecule has 1 heterocycles. The van der Waals surface area contributed by atoms with Crippen LogP contribution in [0.5, 0.6) is 0 Å². The Bertz CT molecular complexity index is 350. The monoisotopic (exact) mass is 252 g/mol. The van der Waals surface area contributed by atoms with Gasteiger partial charge in [-0.2, -0.15) is 0 Å². The highest BCUT2D eigenvalue weighted by atomic mass is 32.1. The van der Waals surface area contributed by atoms with Crippen LogP contribution in [0.15, 0.2) is 10.9 Å². The average molecular weight is 252 g/mol. The van der Waals surface area contributed by atoms with E-state index in [0.717, 1.165) is 24.8 Å². The summed E-state index contributed by atoms with van der Waals surface area (Å²) in [5.74, 6) is 1.63. The maximum absolute atomic E-state index is 11.6. The van der Waals surface area contributed by atoms with Gasteiger partial charge in [0.2, 0.25) is 0 Å². The molecule has 0 spiro atoms. The fraction of sp³-hybridized carbons (Fsp3) is 0.692. The number of hydrogen-bond acceptors (Lipinski definition) is 3. The summed E-state index contributed by atoms with van der Waals surface area (Å²) in [7, 11) is 0. The maximum Gasteiger partial charge on any atom is 0.270 e. The van der Waals surface area contributed by atoms with Crippen LogP contribution in [-0.2, 0) is 0 Å². The fourth-order valence-electron chi connectivity index (χ4n) is 2.63. The predicted molar refractivity (Wildman–Crippen MR) is 70.2 cm³/mol. The Labute approximate surface area is 107 Å². The third-order valence-corrected chi connectivity index (χ3v) is 4.13. The lowest BCUT2D eigenvalue weighted by molar-refractivity contribution is 0.0945. The predicted octanol–water partition coefficient (Wildman–Crippen LogP) is 3.09. The Morgan fingerprint density at radius 3 is 3.18 bits per heavy atom. The molecule has 0 radical (unpaired) electrons. The van der Waals surface area contributed by atoms with Crippen molar-refractivity contribution in [3.8, 4) is 0 Å². The molecule has 1 aliphatic carbocycles. The van der Waals surface area contributed by atoms with Crippen LogP contribution >= 0.6 is 11.3 Å². The van der Waals surface area contributed by atoms with Crippen molar-refractivity contribution in [1.82, 2.24) is 10.3 Å². The van der Waals surface area contributed by atoms with E-state index in [-0.39, 0.29) is 5.91 Å². The SMILES string of the molecule is CC1CCCC(CCNC(=O)c2cscn2)C1. The van der Waals surface area contributed by atoms with Gasteiger partial charge in [-0.15, -0.1) is 11.3 Å². The molecule has 17 heavy (non-hydrogen) atoms. The van der Waals surface area contributed by atoms with Gasteiger partial charge in [-0.25, -0.2) is 4.98 Å². The van der Waals surface area contributed by atoms with Crippen molar-refractivity contribution in [3.05, 3.63) is 16.6 Å². The van der Waals surface area contributed by atoms with E-state index < -0.39 is 0 Å². The highest BCUT2D eigenvalue weighted by molar-refractivity contribution is 7.07. The highest BCUT2D eigenvalue weighted by Gasteiger charge is 2.18. The molecule has 1 aromatic heterocycles. The molecule has 2 rings (SSSR count). The smallest absolute Gasteiger partial charge is 0.270 e. The van der Waals surface area contributed by atoms with Crippen molar-refractivity contribution >= 4 is 17.2 Å². The van der Waals surface area contributed by atoms with Crippen LogP contribution in [0.1, 0.15) is 49.5 Å². The van der Waals surface area contributed by atoms with Gasteiger partial charge in [-0.3, -0.25) is 4.79 Å². The molecule has 94 valence electrons. The normalized spacial score (nSPS) is 24.5. The molecule has 4 heteroatoms. The Balaban J connectivity index is 1.67. The van der Waals surface area contributed by atoms with E-state index in [1.54, 1.807) is 10.9 Å². The zero-order valence-electron chi connectivity index (χ0n) is 10.3. The molecule has 2 unspecified atom stereocenters. The van der Waals surface area contributed by atoms with Gasteiger partial charge in [-0.1, -0.05) is 26.2 Å². The van der Waals surface area contributed by atoms with Gasteiger partial charge < -0.3 is 5.32 Å². The Morgan fingerprint density at radius 1 is 1.59 bits per heavy atom. The van der Waals surface area contributed by atoms with Crippen LogP contribution in [0.3, 0.4) is 0 Å². The first-order valence-corrected chi connectivity index (χ1v) is 7.36. The number of amides is 1. The summed E-state index contributed by atoms with van der Waals surface area (Å²) >= 11 is 1.46. The molecule has 1 aromatic rings. The number of thiazole rings is 1. The molecule has 1 amide bonds. The van der Waals surface area contributed by atoms with E-state index >= 15 is 0 Å². The molecule has 1 saturated carbocycles.